The second-order valence-electron chi connectivity index (χ2n) is 5.06. The van der Waals surface area contributed by atoms with Gasteiger partial charge in [-0.1, -0.05) is 11.6 Å². The van der Waals surface area contributed by atoms with E-state index in [0.717, 1.165) is 22.7 Å². The first-order valence-electron chi connectivity index (χ1n) is 6.88. The Balaban J connectivity index is 1.88. The van der Waals surface area contributed by atoms with Gasteiger partial charge in [-0.3, -0.25) is 4.40 Å². The average Bonchev–Trinajstić information content (AvgIpc) is 3.11. The summed E-state index contributed by atoms with van der Waals surface area (Å²) < 4.78 is 7.65. The van der Waals surface area contributed by atoms with E-state index < -0.39 is 0 Å². The number of aromatic nitrogens is 6. The largest absolute Gasteiger partial charge is 0.414 e. The number of rotatable bonds is 2. The van der Waals surface area contributed by atoms with Gasteiger partial charge in [-0.25, -0.2) is 15.0 Å². The summed E-state index contributed by atoms with van der Waals surface area (Å²) in [5.74, 6) is 0.741. The fourth-order valence-electron chi connectivity index (χ4n) is 2.42. The standard InChI is InChI=1S/C15H11ClN6O/c1-8-11(5-17-7-18-8)14-20-21-15(23-14)13-9(2)19-12-4-3-10(16)6-22(12)13/h3-7H,1-2H3. The summed E-state index contributed by atoms with van der Waals surface area (Å²) in [7, 11) is 0. The number of imidazole rings is 1. The Morgan fingerprint density at radius 3 is 2.74 bits per heavy atom. The van der Waals surface area contributed by atoms with E-state index in [2.05, 4.69) is 25.1 Å². The third kappa shape index (κ3) is 2.25. The van der Waals surface area contributed by atoms with Gasteiger partial charge in [-0.2, -0.15) is 0 Å². The quantitative estimate of drug-likeness (QED) is 0.563. The fraction of sp³-hybridized carbons (Fsp3) is 0.133. The molecule has 0 amide bonds. The fourth-order valence-corrected chi connectivity index (χ4v) is 2.58. The highest BCUT2D eigenvalue weighted by atomic mass is 35.5. The van der Waals surface area contributed by atoms with E-state index >= 15 is 0 Å². The van der Waals surface area contributed by atoms with Crippen molar-refractivity contribution >= 4 is 17.2 Å². The summed E-state index contributed by atoms with van der Waals surface area (Å²) in [6.07, 6.45) is 4.90. The number of hydrogen-bond acceptors (Lipinski definition) is 6. The van der Waals surface area contributed by atoms with Crippen molar-refractivity contribution in [2.75, 3.05) is 0 Å². The van der Waals surface area contributed by atoms with Gasteiger partial charge in [0.15, 0.2) is 0 Å². The molecule has 0 N–H and O–H groups in total. The topological polar surface area (TPSA) is 82.0 Å². The van der Waals surface area contributed by atoms with Gasteiger partial charge in [-0.15, -0.1) is 10.2 Å². The maximum atomic E-state index is 6.08. The SMILES string of the molecule is Cc1ncncc1-c1nnc(-c2c(C)nc3ccc(Cl)cn23)o1. The summed E-state index contributed by atoms with van der Waals surface area (Å²) in [6, 6.07) is 3.63. The molecule has 4 aromatic heterocycles. The van der Waals surface area contributed by atoms with Gasteiger partial charge in [0, 0.05) is 12.4 Å². The van der Waals surface area contributed by atoms with Crippen LogP contribution in [0.2, 0.25) is 5.02 Å². The van der Waals surface area contributed by atoms with Crippen molar-refractivity contribution < 1.29 is 4.42 Å². The van der Waals surface area contributed by atoms with Crippen molar-refractivity contribution in [3.05, 3.63) is 47.3 Å². The molecule has 114 valence electrons. The van der Waals surface area contributed by atoms with E-state index in [-0.39, 0.29) is 0 Å². The van der Waals surface area contributed by atoms with E-state index in [1.54, 1.807) is 18.5 Å². The highest BCUT2D eigenvalue weighted by Gasteiger charge is 2.19. The second-order valence-corrected chi connectivity index (χ2v) is 5.49. The molecule has 23 heavy (non-hydrogen) atoms. The van der Waals surface area contributed by atoms with Crippen LogP contribution in [0.1, 0.15) is 11.4 Å². The normalized spacial score (nSPS) is 11.3. The summed E-state index contributed by atoms with van der Waals surface area (Å²) in [5, 5.41) is 8.84. The third-order valence-electron chi connectivity index (χ3n) is 3.53. The first-order valence-corrected chi connectivity index (χ1v) is 7.26. The molecule has 0 atom stereocenters. The zero-order chi connectivity index (χ0) is 16.0. The Morgan fingerprint density at radius 2 is 1.91 bits per heavy atom. The van der Waals surface area contributed by atoms with E-state index in [4.69, 9.17) is 16.0 Å². The molecule has 4 aromatic rings. The number of nitrogens with zero attached hydrogens (tertiary/aromatic N) is 6. The van der Waals surface area contributed by atoms with Gasteiger partial charge in [0.1, 0.15) is 17.7 Å². The van der Waals surface area contributed by atoms with Crippen LogP contribution < -0.4 is 0 Å². The van der Waals surface area contributed by atoms with Gasteiger partial charge in [-0.05, 0) is 26.0 Å². The zero-order valence-corrected chi connectivity index (χ0v) is 13.1. The molecule has 0 aromatic carbocycles. The Morgan fingerprint density at radius 1 is 1.09 bits per heavy atom. The van der Waals surface area contributed by atoms with Crippen LogP contribution in [0.3, 0.4) is 0 Å². The molecule has 0 saturated carbocycles. The maximum Gasteiger partial charge on any atom is 0.266 e. The van der Waals surface area contributed by atoms with Gasteiger partial charge in [0.2, 0.25) is 0 Å². The lowest BCUT2D eigenvalue weighted by Gasteiger charge is -1.99. The van der Waals surface area contributed by atoms with Crippen LogP contribution in [-0.2, 0) is 0 Å². The van der Waals surface area contributed by atoms with Crippen molar-refractivity contribution in [2.45, 2.75) is 13.8 Å². The molecule has 0 aliphatic carbocycles. The Kier molecular flexibility index (Phi) is 3.09. The molecule has 4 rings (SSSR count). The highest BCUT2D eigenvalue weighted by molar-refractivity contribution is 6.30. The van der Waals surface area contributed by atoms with Crippen molar-refractivity contribution in [1.29, 1.82) is 0 Å². The number of fused-ring (bicyclic) bond motifs is 1. The molecule has 0 unspecified atom stereocenters. The highest BCUT2D eigenvalue weighted by Crippen LogP contribution is 2.28. The zero-order valence-electron chi connectivity index (χ0n) is 12.4. The van der Waals surface area contributed by atoms with E-state index in [9.17, 15) is 0 Å². The molecule has 0 bridgehead atoms. The molecule has 8 heteroatoms. The van der Waals surface area contributed by atoms with Crippen molar-refractivity contribution in [2.24, 2.45) is 0 Å². The number of halogens is 1. The molecular weight excluding hydrogens is 316 g/mol. The Bertz CT molecular complexity index is 1020. The molecule has 0 aliphatic rings. The van der Waals surface area contributed by atoms with Crippen LogP contribution >= 0.6 is 11.6 Å². The predicted octanol–water partition coefficient (Wildman–Crippen LogP) is 3.11. The van der Waals surface area contributed by atoms with Gasteiger partial charge in [0.25, 0.3) is 11.8 Å². The number of aryl methyl sites for hydroxylation is 2. The minimum atomic E-state index is 0.370. The molecule has 7 nitrogen and oxygen atoms in total. The Hall–Kier alpha value is -2.80. The van der Waals surface area contributed by atoms with Crippen molar-refractivity contribution in [3.8, 4) is 23.0 Å². The smallest absolute Gasteiger partial charge is 0.266 e. The average molecular weight is 327 g/mol. The third-order valence-corrected chi connectivity index (χ3v) is 3.75. The second kappa shape index (κ2) is 5.13. The van der Waals surface area contributed by atoms with E-state index in [1.807, 2.05) is 24.3 Å². The molecule has 0 spiro atoms. The first-order chi connectivity index (χ1) is 11.1. The maximum absolute atomic E-state index is 6.08. The minimum absolute atomic E-state index is 0.370. The first kappa shape index (κ1) is 13.8. The number of pyridine rings is 1. The summed E-state index contributed by atoms with van der Waals surface area (Å²) >= 11 is 6.08. The molecular formula is C15H11ClN6O. The minimum Gasteiger partial charge on any atom is -0.414 e. The van der Waals surface area contributed by atoms with E-state index in [1.165, 1.54) is 6.33 Å². The van der Waals surface area contributed by atoms with Gasteiger partial charge < -0.3 is 4.42 Å². The monoisotopic (exact) mass is 326 g/mol. The van der Waals surface area contributed by atoms with Gasteiger partial charge >= 0.3 is 0 Å². The lowest BCUT2D eigenvalue weighted by Crippen LogP contribution is -1.89. The van der Waals surface area contributed by atoms with Crippen molar-refractivity contribution in [1.82, 2.24) is 29.5 Å². The van der Waals surface area contributed by atoms with Crippen LogP contribution in [0, 0.1) is 13.8 Å². The summed E-state index contributed by atoms with van der Waals surface area (Å²) in [5.41, 5.74) is 3.74. The molecule has 0 saturated heterocycles. The van der Waals surface area contributed by atoms with Crippen LogP contribution in [0.5, 0.6) is 0 Å². The van der Waals surface area contributed by atoms with Crippen molar-refractivity contribution in [3.63, 3.8) is 0 Å². The molecule has 0 aliphatic heterocycles. The predicted molar refractivity (Wildman–Crippen MR) is 84.0 cm³/mol. The molecule has 0 fully saturated rings. The van der Waals surface area contributed by atoms with Crippen LogP contribution in [0.4, 0.5) is 0 Å². The Labute approximate surface area is 136 Å². The van der Waals surface area contributed by atoms with Crippen LogP contribution in [0.15, 0.2) is 35.3 Å². The van der Waals surface area contributed by atoms with Crippen LogP contribution in [-0.4, -0.2) is 29.5 Å². The summed E-state index contributed by atoms with van der Waals surface area (Å²) in [4.78, 5) is 12.6. The summed E-state index contributed by atoms with van der Waals surface area (Å²) in [6.45, 7) is 3.75. The van der Waals surface area contributed by atoms with Gasteiger partial charge in [0.05, 0.1) is 22.0 Å². The molecule has 0 radical (unpaired) electrons. The van der Waals surface area contributed by atoms with E-state index in [0.29, 0.717) is 22.4 Å². The number of hydrogen-bond donors (Lipinski definition) is 0. The van der Waals surface area contributed by atoms with Crippen LogP contribution in [0.25, 0.3) is 28.7 Å². The lowest BCUT2D eigenvalue weighted by molar-refractivity contribution is 0.579. The molecule has 4 heterocycles. The lowest BCUT2D eigenvalue weighted by atomic mass is 10.2.